The van der Waals surface area contributed by atoms with Crippen LogP contribution in [-0.2, 0) is 24.4 Å². The molecule has 192 valence electrons. The Bertz CT molecular complexity index is 1540. The molecule has 1 amide bonds. The van der Waals surface area contributed by atoms with E-state index >= 15 is 0 Å². The van der Waals surface area contributed by atoms with E-state index in [2.05, 4.69) is 5.32 Å². The molecular formula is C27H25ClFN3O4S. The van der Waals surface area contributed by atoms with Gasteiger partial charge < -0.3 is 5.32 Å². The van der Waals surface area contributed by atoms with E-state index in [1.54, 1.807) is 17.5 Å². The lowest BCUT2D eigenvalue weighted by Gasteiger charge is -2.12. The van der Waals surface area contributed by atoms with E-state index in [1.807, 2.05) is 18.2 Å². The highest BCUT2D eigenvalue weighted by Gasteiger charge is 2.17. The van der Waals surface area contributed by atoms with Crippen LogP contribution in [0, 0.1) is 5.82 Å². The minimum absolute atomic E-state index is 0.0984. The molecular weight excluding hydrogens is 517 g/mol. The van der Waals surface area contributed by atoms with Crippen molar-refractivity contribution in [2.45, 2.75) is 45.3 Å². The highest BCUT2D eigenvalue weighted by atomic mass is 35.5. The number of carbonyl (C=O) groups excluding carboxylic acids is 2. The molecule has 0 fully saturated rings. The first-order valence-electron chi connectivity index (χ1n) is 11.8. The fraction of sp³-hybridized carbons (Fsp3) is 0.259. The van der Waals surface area contributed by atoms with Gasteiger partial charge in [0.05, 0.1) is 12.1 Å². The molecule has 10 heteroatoms. The van der Waals surface area contributed by atoms with Gasteiger partial charge in [0, 0.05) is 30.1 Å². The number of aromatic nitrogens is 2. The van der Waals surface area contributed by atoms with Crippen molar-refractivity contribution in [1.82, 2.24) is 14.5 Å². The Kier molecular flexibility index (Phi) is 8.68. The Hall–Kier alpha value is -3.56. The average molecular weight is 542 g/mol. The minimum Gasteiger partial charge on any atom is -0.352 e. The molecule has 0 aliphatic rings. The molecule has 0 radical (unpaired) electrons. The second-order valence-corrected chi connectivity index (χ2v) is 9.89. The summed E-state index contributed by atoms with van der Waals surface area (Å²) in [5.74, 6) is -0.915. The van der Waals surface area contributed by atoms with Gasteiger partial charge in [0.2, 0.25) is 5.91 Å². The molecule has 2 aromatic heterocycles. The lowest BCUT2D eigenvalue weighted by Crippen LogP contribution is -2.40. The van der Waals surface area contributed by atoms with Crippen molar-refractivity contribution in [3.05, 3.63) is 103 Å². The first-order valence-corrected chi connectivity index (χ1v) is 13.1. The fourth-order valence-electron chi connectivity index (χ4n) is 4.01. The van der Waals surface area contributed by atoms with Crippen LogP contribution in [0.4, 0.5) is 4.39 Å². The van der Waals surface area contributed by atoms with Crippen LogP contribution in [0.5, 0.6) is 0 Å². The van der Waals surface area contributed by atoms with Crippen molar-refractivity contribution < 1.29 is 14.0 Å². The summed E-state index contributed by atoms with van der Waals surface area (Å²) in [7, 11) is 0. The van der Waals surface area contributed by atoms with E-state index < -0.39 is 17.1 Å². The minimum atomic E-state index is -0.566. The van der Waals surface area contributed by atoms with Crippen LogP contribution in [0.2, 0.25) is 5.02 Å². The van der Waals surface area contributed by atoms with Gasteiger partial charge in [-0.1, -0.05) is 36.2 Å². The molecule has 0 saturated carbocycles. The van der Waals surface area contributed by atoms with Gasteiger partial charge in [-0.05, 0) is 60.2 Å². The number of hydrogen-bond acceptors (Lipinski definition) is 5. The second-order valence-electron chi connectivity index (χ2n) is 8.57. The number of rotatable bonds is 11. The van der Waals surface area contributed by atoms with E-state index in [0.717, 1.165) is 10.1 Å². The van der Waals surface area contributed by atoms with Crippen molar-refractivity contribution in [2.75, 3.05) is 0 Å². The number of ketones is 1. The van der Waals surface area contributed by atoms with Gasteiger partial charge in [0.15, 0.2) is 5.78 Å². The SMILES string of the molecule is O=C(CCCCCn1c(=O)c2sccc2n(CC(=O)c2ccc(F)cc2)c1=O)NCc1ccccc1Cl. The number of unbranched alkanes of at least 4 members (excludes halogenated alkanes) is 2. The zero-order valence-corrected chi connectivity index (χ0v) is 21.5. The Morgan fingerprint density at radius 2 is 1.70 bits per heavy atom. The van der Waals surface area contributed by atoms with E-state index in [9.17, 15) is 23.6 Å². The van der Waals surface area contributed by atoms with E-state index in [4.69, 9.17) is 11.6 Å². The monoisotopic (exact) mass is 541 g/mol. The van der Waals surface area contributed by atoms with Crippen molar-refractivity contribution in [3.8, 4) is 0 Å². The molecule has 4 rings (SSSR count). The third kappa shape index (κ3) is 6.42. The Morgan fingerprint density at radius 1 is 0.946 bits per heavy atom. The van der Waals surface area contributed by atoms with Gasteiger partial charge >= 0.3 is 5.69 Å². The summed E-state index contributed by atoms with van der Waals surface area (Å²) < 4.78 is 16.0. The number of benzene rings is 2. The molecule has 0 atom stereocenters. The highest BCUT2D eigenvalue weighted by Crippen LogP contribution is 2.17. The van der Waals surface area contributed by atoms with Crippen molar-refractivity contribution in [1.29, 1.82) is 0 Å². The predicted molar refractivity (Wildman–Crippen MR) is 143 cm³/mol. The Labute approximate surface area is 221 Å². The summed E-state index contributed by atoms with van der Waals surface area (Å²) in [6.45, 7) is 0.270. The average Bonchev–Trinajstić information content (AvgIpc) is 3.38. The number of nitrogens with one attached hydrogen (secondary N) is 1. The van der Waals surface area contributed by atoms with Gasteiger partial charge in [-0.3, -0.25) is 23.5 Å². The number of amides is 1. The van der Waals surface area contributed by atoms with Crippen LogP contribution >= 0.6 is 22.9 Å². The maximum Gasteiger partial charge on any atom is 0.331 e. The Morgan fingerprint density at radius 3 is 2.46 bits per heavy atom. The summed E-state index contributed by atoms with van der Waals surface area (Å²) in [5.41, 5.74) is 0.570. The standard InChI is InChI=1S/C27H25ClFN3O4S/c28-21-7-4-3-6-19(21)16-30-24(34)8-2-1-5-14-31-26(35)25-22(13-15-37-25)32(27(31)36)17-23(33)18-9-11-20(29)12-10-18/h3-4,6-7,9-13,15H,1-2,5,8,14,16-17H2,(H,30,34). The quantitative estimate of drug-likeness (QED) is 0.219. The highest BCUT2D eigenvalue weighted by molar-refractivity contribution is 7.17. The largest absolute Gasteiger partial charge is 0.352 e. The molecule has 4 aromatic rings. The fourth-order valence-corrected chi connectivity index (χ4v) is 5.06. The summed E-state index contributed by atoms with van der Waals surface area (Å²) in [4.78, 5) is 51.0. The maximum atomic E-state index is 13.2. The topological polar surface area (TPSA) is 90.2 Å². The number of halogens is 2. The van der Waals surface area contributed by atoms with Gasteiger partial charge in [-0.25, -0.2) is 9.18 Å². The molecule has 0 bridgehead atoms. The lowest BCUT2D eigenvalue weighted by atomic mass is 10.1. The molecule has 0 aliphatic carbocycles. The number of carbonyl (C=O) groups is 2. The van der Waals surface area contributed by atoms with Crippen LogP contribution in [0.3, 0.4) is 0 Å². The van der Waals surface area contributed by atoms with Crippen LogP contribution < -0.4 is 16.6 Å². The van der Waals surface area contributed by atoms with Gasteiger partial charge in [-0.15, -0.1) is 11.3 Å². The number of thiophene rings is 1. The molecule has 2 heterocycles. The molecule has 7 nitrogen and oxygen atoms in total. The second kappa shape index (κ2) is 12.1. The van der Waals surface area contributed by atoms with Crippen molar-refractivity contribution >= 4 is 44.8 Å². The van der Waals surface area contributed by atoms with Crippen LogP contribution in [0.1, 0.15) is 41.6 Å². The number of Topliss-reactive ketones (excluding diaryl/α,β-unsaturated/α-hetero) is 1. The third-order valence-corrected chi connectivity index (χ3v) is 7.28. The zero-order chi connectivity index (χ0) is 26.4. The molecule has 0 unspecified atom stereocenters. The first kappa shape index (κ1) is 26.5. The first-order chi connectivity index (χ1) is 17.8. The van der Waals surface area contributed by atoms with E-state index in [0.29, 0.717) is 47.5 Å². The summed E-state index contributed by atoms with van der Waals surface area (Å²) in [6, 6.07) is 14.1. The van der Waals surface area contributed by atoms with E-state index in [1.165, 1.54) is 40.2 Å². The number of hydrogen-bond donors (Lipinski definition) is 1. The number of nitrogens with zero attached hydrogens (tertiary/aromatic N) is 2. The summed E-state index contributed by atoms with van der Waals surface area (Å²) in [6.07, 6.45) is 2.08. The molecule has 2 aromatic carbocycles. The van der Waals surface area contributed by atoms with Crippen LogP contribution in [0.15, 0.2) is 69.6 Å². The normalized spacial score (nSPS) is 11.1. The predicted octanol–water partition coefficient (Wildman–Crippen LogP) is 4.78. The van der Waals surface area contributed by atoms with Crippen LogP contribution in [0.25, 0.3) is 10.2 Å². The Balaban J connectivity index is 1.37. The van der Waals surface area contributed by atoms with Gasteiger partial charge in [0.25, 0.3) is 5.56 Å². The molecule has 0 spiro atoms. The van der Waals surface area contributed by atoms with Gasteiger partial charge in [-0.2, -0.15) is 0 Å². The molecule has 1 N–H and O–H groups in total. The van der Waals surface area contributed by atoms with Crippen molar-refractivity contribution in [3.63, 3.8) is 0 Å². The zero-order valence-electron chi connectivity index (χ0n) is 19.9. The maximum absolute atomic E-state index is 13.2. The molecule has 0 saturated heterocycles. The smallest absolute Gasteiger partial charge is 0.331 e. The summed E-state index contributed by atoms with van der Waals surface area (Å²) in [5, 5.41) is 5.15. The summed E-state index contributed by atoms with van der Waals surface area (Å²) >= 11 is 7.32. The van der Waals surface area contributed by atoms with Crippen molar-refractivity contribution in [2.24, 2.45) is 0 Å². The number of fused-ring (bicyclic) bond motifs is 1. The lowest BCUT2D eigenvalue weighted by molar-refractivity contribution is -0.121. The van der Waals surface area contributed by atoms with Crippen LogP contribution in [-0.4, -0.2) is 20.8 Å². The molecule has 37 heavy (non-hydrogen) atoms. The third-order valence-electron chi connectivity index (χ3n) is 6.02. The molecule has 0 aliphatic heterocycles. The van der Waals surface area contributed by atoms with Gasteiger partial charge in [0.1, 0.15) is 10.5 Å². The van der Waals surface area contributed by atoms with E-state index in [-0.39, 0.29) is 30.3 Å².